The number of aliphatic imine (C=N–C) groups is 1. The van der Waals surface area contributed by atoms with E-state index in [1.165, 1.54) is 38.8 Å². The zero-order valence-corrected chi connectivity index (χ0v) is 30.5. The summed E-state index contributed by atoms with van der Waals surface area (Å²) in [5.41, 5.74) is 13.4. The molecule has 0 amide bonds. The number of nitrogens with one attached hydrogen (secondary N) is 2. The highest BCUT2D eigenvalue weighted by Gasteiger charge is 2.47. The molecule has 7 aromatic carbocycles. The molecule has 2 unspecified atom stereocenters. The maximum atomic E-state index is 5.45. The second-order valence-electron chi connectivity index (χ2n) is 14.6. The van der Waals surface area contributed by atoms with E-state index in [2.05, 4.69) is 203 Å². The Labute approximate surface area is 325 Å². The van der Waals surface area contributed by atoms with Gasteiger partial charge in [-0.3, -0.25) is 9.88 Å². The van der Waals surface area contributed by atoms with E-state index in [0.717, 1.165) is 44.8 Å². The summed E-state index contributed by atoms with van der Waals surface area (Å²) in [6.07, 6.45) is 1.40. The van der Waals surface area contributed by atoms with Crippen LogP contribution in [-0.4, -0.2) is 15.4 Å². The molecule has 5 heteroatoms. The van der Waals surface area contributed by atoms with Crippen LogP contribution in [0.3, 0.4) is 0 Å². The van der Waals surface area contributed by atoms with Crippen LogP contribution >= 0.6 is 0 Å². The minimum Gasteiger partial charge on any atom is -0.350 e. The Bertz CT molecular complexity index is 2820. The molecule has 266 valence electrons. The topological polar surface area (TPSA) is 54.2 Å². The molecule has 0 saturated heterocycles. The van der Waals surface area contributed by atoms with Crippen molar-refractivity contribution in [2.24, 2.45) is 4.99 Å². The third-order valence-corrected chi connectivity index (χ3v) is 11.6. The van der Waals surface area contributed by atoms with Gasteiger partial charge in [-0.1, -0.05) is 164 Å². The first-order chi connectivity index (χ1) is 27.8. The summed E-state index contributed by atoms with van der Waals surface area (Å²) in [6, 6.07) is 69.6. The van der Waals surface area contributed by atoms with Crippen molar-refractivity contribution in [3.8, 4) is 16.8 Å². The lowest BCUT2D eigenvalue weighted by molar-refractivity contribution is 0.409. The van der Waals surface area contributed by atoms with Crippen molar-refractivity contribution in [2.75, 3.05) is 0 Å². The maximum Gasteiger partial charge on any atom is 0.145 e. The normalized spacial score (nSPS) is 16.9. The second-order valence-corrected chi connectivity index (χ2v) is 14.6. The van der Waals surface area contributed by atoms with E-state index in [1.807, 2.05) is 12.3 Å². The number of hydrogen-bond donors (Lipinski definition) is 2. The van der Waals surface area contributed by atoms with Gasteiger partial charge in [0.25, 0.3) is 0 Å². The van der Waals surface area contributed by atoms with Crippen molar-refractivity contribution in [1.29, 1.82) is 0 Å². The van der Waals surface area contributed by atoms with Crippen molar-refractivity contribution in [1.82, 2.24) is 20.2 Å². The monoisotopic (exact) mass is 719 g/mol. The van der Waals surface area contributed by atoms with E-state index in [9.17, 15) is 0 Å². The summed E-state index contributed by atoms with van der Waals surface area (Å²) in [5, 5.41) is 10.1. The van der Waals surface area contributed by atoms with Crippen LogP contribution < -0.4 is 10.6 Å². The quantitative estimate of drug-likeness (QED) is 0.180. The van der Waals surface area contributed by atoms with Gasteiger partial charge in [-0.2, -0.15) is 0 Å². The molecule has 11 rings (SSSR count). The minimum absolute atomic E-state index is 0.210. The molecule has 2 atom stereocenters. The SMILES string of the molecule is c1ccc(C2N=C(c3cccc4c3-c3ccccc3C4(c3ccccc3)c3ccccc3)NC(c3ccc(-n4c5ccccc5c5cccnc54)cc3)N2)cc1. The van der Waals surface area contributed by atoms with Crippen molar-refractivity contribution >= 4 is 27.8 Å². The highest BCUT2D eigenvalue weighted by Crippen LogP contribution is 2.57. The Morgan fingerprint density at radius 1 is 0.500 bits per heavy atom. The lowest BCUT2D eigenvalue weighted by atomic mass is 9.67. The minimum atomic E-state index is -0.492. The van der Waals surface area contributed by atoms with Gasteiger partial charge in [0.2, 0.25) is 0 Å². The number of aromatic nitrogens is 2. The van der Waals surface area contributed by atoms with Crippen LogP contribution in [0.2, 0.25) is 0 Å². The van der Waals surface area contributed by atoms with E-state index in [-0.39, 0.29) is 12.3 Å². The molecule has 9 aromatic rings. The Balaban J connectivity index is 1.06. The predicted octanol–water partition coefficient (Wildman–Crippen LogP) is 10.9. The van der Waals surface area contributed by atoms with Gasteiger partial charge in [0, 0.05) is 28.2 Å². The molecule has 3 heterocycles. The summed E-state index contributed by atoms with van der Waals surface area (Å²) >= 11 is 0. The first-order valence-electron chi connectivity index (χ1n) is 19.2. The van der Waals surface area contributed by atoms with Crippen LogP contribution in [0.1, 0.15) is 51.3 Å². The smallest absolute Gasteiger partial charge is 0.145 e. The average Bonchev–Trinajstić information content (AvgIpc) is 3.78. The molecule has 56 heavy (non-hydrogen) atoms. The molecular formula is C51H37N5. The first kappa shape index (κ1) is 32.4. The van der Waals surface area contributed by atoms with Crippen molar-refractivity contribution in [2.45, 2.75) is 17.7 Å². The molecular weight excluding hydrogens is 683 g/mol. The van der Waals surface area contributed by atoms with Crippen LogP contribution in [0.4, 0.5) is 0 Å². The Kier molecular flexibility index (Phi) is 7.54. The molecule has 1 aliphatic carbocycles. The molecule has 0 spiro atoms. The molecule has 0 radical (unpaired) electrons. The van der Waals surface area contributed by atoms with Crippen LogP contribution in [0.15, 0.2) is 205 Å². The summed E-state index contributed by atoms with van der Waals surface area (Å²) < 4.78 is 2.26. The van der Waals surface area contributed by atoms with Gasteiger partial charge in [-0.25, -0.2) is 9.98 Å². The number of hydrogen-bond acceptors (Lipinski definition) is 4. The van der Waals surface area contributed by atoms with Gasteiger partial charge >= 0.3 is 0 Å². The third kappa shape index (κ3) is 4.91. The Morgan fingerprint density at radius 3 is 1.89 bits per heavy atom. The van der Waals surface area contributed by atoms with E-state index in [0.29, 0.717) is 0 Å². The van der Waals surface area contributed by atoms with Crippen molar-refractivity contribution < 1.29 is 0 Å². The molecule has 1 aliphatic heterocycles. The molecule has 0 fully saturated rings. The van der Waals surface area contributed by atoms with E-state index >= 15 is 0 Å². The lowest BCUT2D eigenvalue weighted by Gasteiger charge is -2.34. The highest BCUT2D eigenvalue weighted by molar-refractivity contribution is 6.09. The Hall–Kier alpha value is -7.08. The fourth-order valence-electron chi connectivity index (χ4n) is 9.24. The van der Waals surface area contributed by atoms with E-state index in [4.69, 9.17) is 9.98 Å². The number of pyridine rings is 1. The van der Waals surface area contributed by atoms with Gasteiger partial charge in [0.15, 0.2) is 0 Å². The summed E-state index contributed by atoms with van der Waals surface area (Å²) in [4.78, 5) is 10.3. The van der Waals surface area contributed by atoms with Crippen molar-refractivity contribution in [3.05, 3.63) is 239 Å². The molecule has 2 N–H and O–H groups in total. The third-order valence-electron chi connectivity index (χ3n) is 11.6. The van der Waals surface area contributed by atoms with Gasteiger partial charge < -0.3 is 5.32 Å². The number of para-hydroxylation sites is 1. The van der Waals surface area contributed by atoms with E-state index in [1.54, 1.807) is 0 Å². The number of rotatable bonds is 6. The van der Waals surface area contributed by atoms with Gasteiger partial charge in [-0.15, -0.1) is 0 Å². The van der Waals surface area contributed by atoms with Gasteiger partial charge in [0.05, 0.1) is 10.9 Å². The average molecular weight is 720 g/mol. The predicted molar refractivity (Wildman–Crippen MR) is 227 cm³/mol. The van der Waals surface area contributed by atoms with Crippen LogP contribution in [0, 0.1) is 0 Å². The van der Waals surface area contributed by atoms with Gasteiger partial charge in [0.1, 0.15) is 23.8 Å². The maximum absolute atomic E-state index is 5.45. The van der Waals surface area contributed by atoms with Crippen LogP contribution in [-0.2, 0) is 5.41 Å². The highest BCUT2D eigenvalue weighted by atomic mass is 15.3. The largest absolute Gasteiger partial charge is 0.350 e. The molecule has 0 saturated carbocycles. The molecule has 0 bridgehead atoms. The second kappa shape index (κ2) is 13.0. The number of fused-ring (bicyclic) bond motifs is 6. The first-order valence-corrected chi connectivity index (χ1v) is 19.2. The number of amidine groups is 1. The van der Waals surface area contributed by atoms with Crippen LogP contribution in [0.5, 0.6) is 0 Å². The van der Waals surface area contributed by atoms with E-state index < -0.39 is 5.41 Å². The fourth-order valence-corrected chi connectivity index (χ4v) is 9.24. The molecule has 2 aliphatic rings. The Morgan fingerprint density at radius 2 is 1.12 bits per heavy atom. The van der Waals surface area contributed by atoms with Crippen molar-refractivity contribution in [3.63, 3.8) is 0 Å². The number of benzene rings is 7. The summed E-state index contributed by atoms with van der Waals surface area (Å²) in [6.45, 7) is 0. The fraction of sp³-hybridized carbons (Fsp3) is 0.0588. The van der Waals surface area contributed by atoms with Gasteiger partial charge in [-0.05, 0) is 74.8 Å². The standard InChI is InChI=1S/C51H37N5/c1-4-16-34(17-5-1)47-53-48(35-29-31-38(32-30-35)56-45-28-13-11-22-39(45)40-25-15-33-52-50(40)56)55-49(54-47)42-24-14-27-44-46(42)41-23-10-12-26-43(41)51(44,36-18-6-2-7-19-36)37-20-8-3-9-21-37/h1-33,47-48,53H,(H,54,55). The summed E-state index contributed by atoms with van der Waals surface area (Å²) in [5.74, 6) is 0.863. The van der Waals surface area contributed by atoms with Crippen LogP contribution in [0.25, 0.3) is 38.8 Å². The molecule has 2 aromatic heterocycles. The zero-order valence-electron chi connectivity index (χ0n) is 30.5. The molecule has 5 nitrogen and oxygen atoms in total. The number of nitrogens with zero attached hydrogens (tertiary/aromatic N) is 3. The zero-order chi connectivity index (χ0) is 37.1. The summed E-state index contributed by atoms with van der Waals surface area (Å²) in [7, 11) is 0. The lowest BCUT2D eigenvalue weighted by Crippen LogP contribution is -2.45.